The van der Waals surface area contributed by atoms with Gasteiger partial charge in [0.2, 0.25) is 10.0 Å². The van der Waals surface area contributed by atoms with Crippen LogP contribution in [0, 0.1) is 0 Å². The first-order chi connectivity index (χ1) is 15.4. The van der Waals surface area contributed by atoms with Gasteiger partial charge in [-0.3, -0.25) is 0 Å². The first kappa shape index (κ1) is 22.8. The highest BCUT2D eigenvalue weighted by Crippen LogP contribution is 2.28. The Morgan fingerprint density at radius 3 is 2.22 bits per heavy atom. The van der Waals surface area contributed by atoms with Gasteiger partial charge in [-0.1, -0.05) is 23.2 Å². The van der Waals surface area contributed by atoms with Crippen molar-refractivity contribution >= 4 is 39.0 Å². The van der Waals surface area contributed by atoms with Crippen LogP contribution < -0.4 is 9.64 Å². The van der Waals surface area contributed by atoms with E-state index in [1.807, 2.05) is 48.2 Å². The van der Waals surface area contributed by atoms with Crippen LogP contribution in [0.25, 0.3) is 11.3 Å². The quantitative estimate of drug-likeness (QED) is 0.508. The summed E-state index contributed by atoms with van der Waals surface area (Å²) in [6, 6.07) is 15.9. The smallest absolute Gasteiger partial charge is 0.243 e. The molecule has 1 saturated heterocycles. The van der Waals surface area contributed by atoms with Gasteiger partial charge in [0.05, 0.1) is 27.2 Å². The first-order valence-electron chi connectivity index (χ1n) is 10.2. The Bertz CT molecular complexity index is 1180. The molecule has 1 aromatic heterocycles. The van der Waals surface area contributed by atoms with Crippen molar-refractivity contribution < 1.29 is 13.2 Å². The predicted octanol–water partition coefficient (Wildman–Crippen LogP) is 4.36. The summed E-state index contributed by atoms with van der Waals surface area (Å²) in [7, 11) is -3.64. The van der Waals surface area contributed by atoms with Crippen LogP contribution in [-0.2, 0) is 10.0 Å². The minimum Gasteiger partial charge on any atom is -0.494 e. The topological polar surface area (TPSA) is 75.6 Å². The van der Waals surface area contributed by atoms with Crippen molar-refractivity contribution in [3.05, 3.63) is 64.6 Å². The molecule has 3 aromatic rings. The zero-order valence-electron chi connectivity index (χ0n) is 17.4. The second-order valence-electron chi connectivity index (χ2n) is 7.20. The molecule has 7 nitrogen and oxygen atoms in total. The van der Waals surface area contributed by atoms with Crippen molar-refractivity contribution in [1.29, 1.82) is 0 Å². The van der Waals surface area contributed by atoms with Crippen molar-refractivity contribution in [3.8, 4) is 17.0 Å². The molecule has 168 valence electrons. The molecular formula is C22H22Cl2N4O3S. The Morgan fingerprint density at radius 2 is 1.62 bits per heavy atom. The summed E-state index contributed by atoms with van der Waals surface area (Å²) in [6.45, 7) is 4.27. The lowest BCUT2D eigenvalue weighted by Crippen LogP contribution is -2.49. The molecule has 0 radical (unpaired) electrons. The maximum atomic E-state index is 12.9. The fraction of sp³-hybridized carbons (Fsp3) is 0.273. The first-order valence-corrected chi connectivity index (χ1v) is 12.3. The van der Waals surface area contributed by atoms with Crippen molar-refractivity contribution in [3.63, 3.8) is 0 Å². The second kappa shape index (κ2) is 9.62. The maximum absolute atomic E-state index is 12.9. The number of nitrogens with zero attached hydrogens (tertiary/aromatic N) is 4. The third-order valence-electron chi connectivity index (χ3n) is 5.20. The van der Waals surface area contributed by atoms with Gasteiger partial charge in [0.1, 0.15) is 5.75 Å². The van der Waals surface area contributed by atoms with E-state index in [0.717, 1.165) is 17.0 Å². The number of hydrogen-bond donors (Lipinski definition) is 0. The average Bonchev–Trinajstić information content (AvgIpc) is 2.82. The Balaban J connectivity index is 1.41. The van der Waals surface area contributed by atoms with Crippen LogP contribution in [-0.4, -0.2) is 55.7 Å². The molecule has 1 fully saturated rings. The number of anilines is 1. The van der Waals surface area contributed by atoms with Crippen LogP contribution in [0.15, 0.2) is 59.5 Å². The molecule has 0 saturated carbocycles. The van der Waals surface area contributed by atoms with Crippen molar-refractivity contribution in [2.75, 3.05) is 37.7 Å². The van der Waals surface area contributed by atoms with Crippen LogP contribution in [0.1, 0.15) is 6.92 Å². The number of ether oxygens (including phenoxy) is 1. The third kappa shape index (κ3) is 4.83. The molecule has 4 rings (SSSR count). The minimum atomic E-state index is -3.64. The van der Waals surface area contributed by atoms with E-state index in [1.54, 1.807) is 0 Å². The van der Waals surface area contributed by atoms with Crippen molar-refractivity contribution in [2.45, 2.75) is 11.8 Å². The fourth-order valence-corrected chi connectivity index (χ4v) is 5.29. The zero-order valence-corrected chi connectivity index (χ0v) is 19.7. The SMILES string of the molecule is CCOc1ccc(-c2ccc(N3CCN(S(=O)(=O)c4ccc(Cl)c(Cl)c4)CC3)nn2)cc1. The number of hydrogen-bond acceptors (Lipinski definition) is 6. The monoisotopic (exact) mass is 492 g/mol. The van der Waals surface area contributed by atoms with Gasteiger partial charge >= 0.3 is 0 Å². The number of rotatable bonds is 6. The van der Waals surface area contributed by atoms with Gasteiger partial charge in [-0.2, -0.15) is 4.31 Å². The van der Waals surface area contributed by atoms with Crippen LogP contribution >= 0.6 is 23.2 Å². The van der Waals surface area contributed by atoms with Crippen LogP contribution in [0.2, 0.25) is 10.0 Å². The summed E-state index contributed by atoms with van der Waals surface area (Å²) in [5.74, 6) is 1.53. The van der Waals surface area contributed by atoms with Crippen molar-refractivity contribution in [2.24, 2.45) is 0 Å². The number of piperazine rings is 1. The molecule has 0 atom stereocenters. The molecule has 1 aliphatic heterocycles. The summed E-state index contributed by atoms with van der Waals surface area (Å²) < 4.78 is 32.8. The van der Waals surface area contributed by atoms with E-state index in [-0.39, 0.29) is 9.92 Å². The van der Waals surface area contributed by atoms with Gasteiger partial charge in [0, 0.05) is 31.7 Å². The van der Waals surface area contributed by atoms with Gasteiger partial charge in [-0.25, -0.2) is 8.42 Å². The molecular weight excluding hydrogens is 471 g/mol. The Kier molecular flexibility index (Phi) is 6.85. The normalized spacial score (nSPS) is 15.0. The summed E-state index contributed by atoms with van der Waals surface area (Å²) in [6.07, 6.45) is 0. The molecule has 32 heavy (non-hydrogen) atoms. The predicted molar refractivity (Wildman–Crippen MR) is 126 cm³/mol. The lowest BCUT2D eigenvalue weighted by Gasteiger charge is -2.34. The molecule has 2 heterocycles. The molecule has 0 spiro atoms. The van der Waals surface area contributed by atoms with E-state index in [9.17, 15) is 8.42 Å². The largest absolute Gasteiger partial charge is 0.494 e. The van der Waals surface area contributed by atoms with E-state index in [2.05, 4.69) is 10.2 Å². The number of aromatic nitrogens is 2. The summed E-state index contributed by atoms with van der Waals surface area (Å²) in [4.78, 5) is 2.16. The average molecular weight is 493 g/mol. The Labute approximate surface area is 197 Å². The van der Waals surface area contributed by atoms with Crippen molar-refractivity contribution in [1.82, 2.24) is 14.5 Å². The molecule has 0 amide bonds. The molecule has 2 aromatic carbocycles. The molecule has 0 aliphatic carbocycles. The summed E-state index contributed by atoms with van der Waals surface area (Å²) in [5.41, 5.74) is 1.71. The maximum Gasteiger partial charge on any atom is 0.243 e. The number of sulfonamides is 1. The van der Waals surface area contributed by atoms with E-state index in [4.69, 9.17) is 27.9 Å². The van der Waals surface area contributed by atoms with E-state index >= 15 is 0 Å². The Morgan fingerprint density at radius 1 is 0.906 bits per heavy atom. The van der Waals surface area contributed by atoms with Gasteiger partial charge in [-0.05, 0) is 61.5 Å². The standard InChI is InChI=1S/C22H22Cl2N4O3S/c1-2-31-17-5-3-16(4-6-17)21-9-10-22(26-25-21)27-11-13-28(14-12-27)32(29,30)18-7-8-19(23)20(24)15-18/h3-10,15H,2,11-14H2,1H3. The van der Waals surface area contributed by atoms with E-state index < -0.39 is 10.0 Å². The third-order valence-corrected chi connectivity index (χ3v) is 7.84. The number of halogens is 2. The lowest BCUT2D eigenvalue weighted by atomic mass is 10.1. The zero-order chi connectivity index (χ0) is 22.7. The molecule has 1 aliphatic rings. The van der Waals surface area contributed by atoms with Crippen LogP contribution in [0.4, 0.5) is 5.82 Å². The van der Waals surface area contributed by atoms with Crippen LogP contribution in [0.5, 0.6) is 5.75 Å². The molecule has 10 heteroatoms. The summed E-state index contributed by atoms with van der Waals surface area (Å²) in [5, 5.41) is 9.23. The molecule has 0 bridgehead atoms. The Hall–Kier alpha value is -2.39. The number of benzene rings is 2. The fourth-order valence-electron chi connectivity index (χ4n) is 3.48. The van der Waals surface area contributed by atoms with Gasteiger partial charge in [0.25, 0.3) is 0 Å². The van der Waals surface area contributed by atoms with Gasteiger partial charge in [-0.15, -0.1) is 10.2 Å². The molecule has 0 unspecified atom stereocenters. The van der Waals surface area contributed by atoms with Crippen LogP contribution in [0.3, 0.4) is 0 Å². The minimum absolute atomic E-state index is 0.139. The van der Waals surface area contributed by atoms with E-state index in [0.29, 0.717) is 43.6 Å². The van der Waals surface area contributed by atoms with Gasteiger partial charge in [0.15, 0.2) is 5.82 Å². The molecule has 0 N–H and O–H groups in total. The highest BCUT2D eigenvalue weighted by atomic mass is 35.5. The highest BCUT2D eigenvalue weighted by Gasteiger charge is 2.29. The second-order valence-corrected chi connectivity index (χ2v) is 9.95. The lowest BCUT2D eigenvalue weighted by molar-refractivity contribution is 0.340. The van der Waals surface area contributed by atoms with E-state index in [1.165, 1.54) is 22.5 Å². The highest BCUT2D eigenvalue weighted by molar-refractivity contribution is 7.89. The van der Waals surface area contributed by atoms with Gasteiger partial charge < -0.3 is 9.64 Å². The summed E-state index contributed by atoms with van der Waals surface area (Å²) >= 11 is 11.9.